The van der Waals surface area contributed by atoms with E-state index in [0.717, 1.165) is 37.0 Å². The lowest BCUT2D eigenvalue weighted by molar-refractivity contribution is -0.138. The highest BCUT2D eigenvalue weighted by Crippen LogP contribution is 2.68. The van der Waals surface area contributed by atoms with Crippen LogP contribution in [0.25, 0.3) is 0 Å². The Balaban J connectivity index is 0.000000771. The van der Waals surface area contributed by atoms with Crippen molar-refractivity contribution in [2.75, 3.05) is 0 Å². The smallest absolute Gasteiger partial charge is 0.431 e. The van der Waals surface area contributed by atoms with Gasteiger partial charge in [-0.15, -0.1) is 0 Å². The monoisotopic (exact) mass is 474 g/mol. The second-order valence-electron chi connectivity index (χ2n) is 12.0. The highest BCUT2D eigenvalue weighted by atomic mass is 16.5. The largest absolute Gasteiger partial charge is 0.527 e. The first-order valence-electron chi connectivity index (χ1n) is 14.7. The molecular formula is C29H51BO4. The minimum atomic E-state index is -0.546. The fourth-order valence-electron chi connectivity index (χ4n) is 9.16. The molecule has 9 unspecified atom stereocenters. The molecule has 5 fully saturated rings. The van der Waals surface area contributed by atoms with Gasteiger partial charge in [0.15, 0.2) is 5.68 Å². The molecular weight excluding hydrogens is 423 g/mol. The van der Waals surface area contributed by atoms with Crippen LogP contribution in [0.3, 0.4) is 0 Å². The zero-order chi connectivity index (χ0) is 25.3. The first-order valence-corrected chi connectivity index (χ1v) is 14.7. The summed E-state index contributed by atoms with van der Waals surface area (Å²) in [4.78, 5) is 24.4. The maximum absolute atomic E-state index is 12.3. The van der Waals surface area contributed by atoms with Gasteiger partial charge in [0.05, 0.1) is 6.10 Å². The van der Waals surface area contributed by atoms with E-state index in [-0.39, 0.29) is 17.8 Å². The van der Waals surface area contributed by atoms with Crippen LogP contribution in [0.5, 0.6) is 0 Å². The number of carbonyl (C=O) groups is 2. The summed E-state index contributed by atoms with van der Waals surface area (Å²) < 4.78 is 5.17. The van der Waals surface area contributed by atoms with Crippen LogP contribution in [0, 0.1) is 46.3 Å². The molecule has 0 amide bonds. The Kier molecular flexibility index (Phi) is 9.02. The predicted octanol–water partition coefficient (Wildman–Crippen LogP) is 6.74. The molecule has 0 aromatic rings. The van der Waals surface area contributed by atoms with Gasteiger partial charge in [-0.25, -0.2) is 0 Å². The lowest BCUT2D eigenvalue weighted by Crippen LogP contribution is -2.53. The number of rotatable bonds is 3. The van der Waals surface area contributed by atoms with E-state index in [1.165, 1.54) is 44.9 Å². The topological polar surface area (TPSA) is 63.6 Å². The molecule has 0 aromatic carbocycles. The van der Waals surface area contributed by atoms with E-state index in [0.29, 0.717) is 29.1 Å². The van der Waals surface area contributed by atoms with Gasteiger partial charge < -0.3 is 14.6 Å². The highest BCUT2D eigenvalue weighted by Gasteiger charge is 2.60. The molecule has 34 heavy (non-hydrogen) atoms. The molecule has 5 heteroatoms. The lowest BCUT2D eigenvalue weighted by Gasteiger charge is -2.61. The van der Waals surface area contributed by atoms with Crippen LogP contribution in [0.4, 0.5) is 0 Å². The molecule has 0 aromatic heterocycles. The van der Waals surface area contributed by atoms with Crippen molar-refractivity contribution < 1.29 is 19.3 Å². The standard InChI is InChI=1S/C25H39BO4.2C2H6/c1-24-13-11-21-18(7-5-16-14-17(27)10-12-25(16,21)2)20(24)9-6-15(24)4-8-19-22(28)26(3)30-23(19)29;2*1-2/h15-21,27H,4-14H2,1-3H3;2*1-2H3. The van der Waals surface area contributed by atoms with Crippen LogP contribution in [0.1, 0.15) is 112 Å². The molecule has 4 aliphatic carbocycles. The fraction of sp³-hybridized carbons (Fsp3) is 0.931. The third kappa shape index (κ3) is 4.64. The van der Waals surface area contributed by atoms with Crippen molar-refractivity contribution in [1.82, 2.24) is 0 Å². The third-order valence-corrected chi connectivity index (χ3v) is 11.0. The van der Waals surface area contributed by atoms with Crippen LogP contribution in [-0.2, 0) is 14.2 Å². The van der Waals surface area contributed by atoms with Crippen LogP contribution in [-0.4, -0.2) is 29.8 Å². The van der Waals surface area contributed by atoms with Crippen molar-refractivity contribution in [1.29, 1.82) is 0 Å². The summed E-state index contributed by atoms with van der Waals surface area (Å²) in [5.74, 6) is 3.01. The van der Waals surface area contributed by atoms with E-state index < -0.39 is 12.8 Å². The Morgan fingerprint density at radius 2 is 1.53 bits per heavy atom. The Hall–Kier alpha value is -0.835. The number of aliphatic hydroxyl groups is 1. The third-order valence-electron chi connectivity index (χ3n) is 11.0. The normalized spacial score (nSPS) is 45.1. The predicted molar refractivity (Wildman–Crippen MR) is 139 cm³/mol. The Morgan fingerprint density at radius 3 is 2.18 bits per heavy atom. The van der Waals surface area contributed by atoms with E-state index in [1.54, 1.807) is 6.82 Å². The molecule has 1 saturated heterocycles. The van der Waals surface area contributed by atoms with Gasteiger partial charge in [-0.1, -0.05) is 41.5 Å². The van der Waals surface area contributed by atoms with Crippen molar-refractivity contribution >= 4 is 18.6 Å². The average Bonchev–Trinajstić information content (AvgIpc) is 3.30. The maximum Gasteiger partial charge on any atom is 0.431 e. The zero-order valence-corrected chi connectivity index (χ0v) is 23.1. The van der Waals surface area contributed by atoms with Crippen molar-refractivity contribution in [3.05, 3.63) is 0 Å². The summed E-state index contributed by atoms with van der Waals surface area (Å²) in [7, 11) is 0. The number of hydrogen-bond acceptors (Lipinski definition) is 4. The lowest BCUT2D eigenvalue weighted by atomic mass is 9.44. The van der Waals surface area contributed by atoms with Gasteiger partial charge >= 0.3 is 6.92 Å². The molecule has 5 rings (SSSR count). The van der Waals surface area contributed by atoms with Gasteiger partial charge in [-0.2, -0.15) is 0 Å². The summed E-state index contributed by atoms with van der Waals surface area (Å²) >= 11 is 0. The first-order chi connectivity index (χ1) is 16.2. The quantitative estimate of drug-likeness (QED) is 0.363. The molecule has 9 atom stereocenters. The Morgan fingerprint density at radius 1 is 0.882 bits per heavy atom. The fourth-order valence-corrected chi connectivity index (χ4v) is 9.16. The second-order valence-corrected chi connectivity index (χ2v) is 12.0. The van der Waals surface area contributed by atoms with E-state index in [1.807, 2.05) is 27.7 Å². The number of aliphatic hydroxyl groups excluding tert-OH is 1. The molecule has 194 valence electrons. The van der Waals surface area contributed by atoms with E-state index >= 15 is 0 Å². The number of fused-ring (bicyclic) bond motifs is 5. The van der Waals surface area contributed by atoms with E-state index in [9.17, 15) is 14.7 Å². The van der Waals surface area contributed by atoms with Gasteiger partial charge in [0.2, 0.25) is 0 Å². The second kappa shape index (κ2) is 11.1. The molecule has 4 saturated carbocycles. The molecule has 1 heterocycles. The molecule has 0 bridgehead atoms. The molecule has 4 nitrogen and oxygen atoms in total. The number of hydrogen-bond donors (Lipinski definition) is 1. The summed E-state index contributed by atoms with van der Waals surface area (Å²) in [6, 6.07) is 0. The van der Waals surface area contributed by atoms with Crippen LogP contribution >= 0.6 is 0 Å². The Bertz CT molecular complexity index is 725. The SMILES string of the molecule is CB1OC(=O)C(CCC2CCC3C4CCC5CC(O)CCC5(C)C4CCC23C)C1=O.CC.CC. The van der Waals surface area contributed by atoms with E-state index in [4.69, 9.17) is 4.65 Å². The minimum Gasteiger partial charge on any atom is -0.527 e. The summed E-state index contributed by atoms with van der Waals surface area (Å²) in [5.41, 5.74) is 0.794. The van der Waals surface area contributed by atoms with Gasteiger partial charge in [0.25, 0.3) is 5.97 Å². The molecule has 1 N–H and O–H groups in total. The van der Waals surface area contributed by atoms with Crippen molar-refractivity contribution in [2.45, 2.75) is 125 Å². The van der Waals surface area contributed by atoms with Crippen LogP contribution < -0.4 is 0 Å². The summed E-state index contributed by atoms with van der Waals surface area (Å²) in [6.45, 7) is 14.2. The van der Waals surface area contributed by atoms with Gasteiger partial charge in [-0.05, 0) is 118 Å². The molecule has 1 aliphatic heterocycles. The average molecular weight is 475 g/mol. The van der Waals surface area contributed by atoms with Crippen molar-refractivity contribution in [3.8, 4) is 0 Å². The molecule has 0 spiro atoms. The maximum atomic E-state index is 12.3. The van der Waals surface area contributed by atoms with Crippen LogP contribution in [0.2, 0.25) is 6.82 Å². The van der Waals surface area contributed by atoms with Crippen molar-refractivity contribution in [3.63, 3.8) is 0 Å². The van der Waals surface area contributed by atoms with Gasteiger partial charge in [-0.3, -0.25) is 4.79 Å². The minimum absolute atomic E-state index is 0.00542. The first kappa shape index (κ1) is 27.7. The summed E-state index contributed by atoms with van der Waals surface area (Å²) in [5, 5.41) is 10.2. The van der Waals surface area contributed by atoms with Gasteiger partial charge in [0, 0.05) is 0 Å². The Labute approximate surface area is 209 Å². The van der Waals surface area contributed by atoms with E-state index in [2.05, 4.69) is 13.8 Å². The summed E-state index contributed by atoms with van der Waals surface area (Å²) in [6.07, 6.45) is 12.7. The van der Waals surface area contributed by atoms with Crippen molar-refractivity contribution in [2.24, 2.45) is 46.3 Å². The number of carbonyl (C=O) groups excluding carboxylic acids is 2. The zero-order valence-electron chi connectivity index (χ0n) is 23.1. The van der Waals surface area contributed by atoms with Gasteiger partial charge in [0.1, 0.15) is 5.92 Å². The molecule has 0 radical (unpaired) electrons. The highest BCUT2D eigenvalue weighted by molar-refractivity contribution is 6.88. The van der Waals surface area contributed by atoms with Crippen LogP contribution in [0.15, 0.2) is 0 Å². The molecule has 5 aliphatic rings.